The number of carbonyl (C=O) groups is 1. The van der Waals surface area contributed by atoms with Gasteiger partial charge in [-0.15, -0.1) is 0 Å². The van der Waals surface area contributed by atoms with E-state index in [9.17, 15) is 9.90 Å². The predicted molar refractivity (Wildman–Crippen MR) is 141 cm³/mol. The normalized spacial score (nSPS) is 17.9. The van der Waals surface area contributed by atoms with Crippen LogP contribution in [-0.2, 0) is 0 Å². The molecule has 1 amide bonds. The number of para-hydroxylation sites is 1. The van der Waals surface area contributed by atoms with Crippen LogP contribution >= 0.6 is 11.6 Å². The summed E-state index contributed by atoms with van der Waals surface area (Å²) in [6.07, 6.45) is 4.48. The van der Waals surface area contributed by atoms with Gasteiger partial charge in [-0.3, -0.25) is 9.69 Å². The highest BCUT2D eigenvalue weighted by atomic mass is 35.5. The Morgan fingerprint density at radius 1 is 0.914 bits per heavy atom. The second-order valence-corrected chi connectivity index (χ2v) is 9.98. The van der Waals surface area contributed by atoms with Gasteiger partial charge in [-0.05, 0) is 60.9 Å². The van der Waals surface area contributed by atoms with Crippen LogP contribution < -0.4 is 10.2 Å². The molecule has 0 bridgehead atoms. The molecule has 2 aliphatic rings. The summed E-state index contributed by atoms with van der Waals surface area (Å²) in [7, 11) is 0. The molecule has 2 fully saturated rings. The number of anilines is 1. The molecule has 6 heteroatoms. The van der Waals surface area contributed by atoms with Gasteiger partial charge in [0.15, 0.2) is 0 Å². The maximum absolute atomic E-state index is 13.0. The smallest absolute Gasteiger partial charge is 0.251 e. The lowest BCUT2D eigenvalue weighted by Crippen LogP contribution is -2.48. The molecule has 1 heterocycles. The largest absolute Gasteiger partial charge is 0.508 e. The second-order valence-electron chi connectivity index (χ2n) is 9.54. The molecule has 5 rings (SSSR count). The average molecular weight is 490 g/mol. The lowest BCUT2D eigenvalue weighted by Gasteiger charge is -2.41. The summed E-state index contributed by atoms with van der Waals surface area (Å²) >= 11 is 6.07. The Balaban J connectivity index is 1.39. The molecule has 3 aromatic rings. The van der Waals surface area contributed by atoms with Crippen molar-refractivity contribution >= 4 is 23.2 Å². The van der Waals surface area contributed by atoms with Gasteiger partial charge in [0.2, 0.25) is 0 Å². The Kier molecular flexibility index (Phi) is 7.26. The van der Waals surface area contributed by atoms with Crippen molar-refractivity contribution < 1.29 is 9.90 Å². The number of aromatic hydroxyl groups is 1. The molecule has 3 aromatic carbocycles. The van der Waals surface area contributed by atoms with Gasteiger partial charge in [-0.1, -0.05) is 54.8 Å². The highest BCUT2D eigenvalue weighted by Crippen LogP contribution is 2.35. The maximum Gasteiger partial charge on any atom is 0.251 e. The molecule has 5 nitrogen and oxygen atoms in total. The lowest BCUT2D eigenvalue weighted by molar-refractivity contribution is 0.0937. The van der Waals surface area contributed by atoms with Crippen molar-refractivity contribution in [1.29, 1.82) is 0 Å². The number of hydrogen-bond acceptors (Lipinski definition) is 4. The number of carbonyl (C=O) groups excluding carboxylic acids is 1. The van der Waals surface area contributed by atoms with E-state index in [-0.39, 0.29) is 23.7 Å². The Morgan fingerprint density at radius 2 is 1.63 bits per heavy atom. The van der Waals surface area contributed by atoms with Crippen molar-refractivity contribution in [1.82, 2.24) is 10.2 Å². The van der Waals surface area contributed by atoms with Crippen molar-refractivity contribution in [2.45, 2.75) is 37.8 Å². The van der Waals surface area contributed by atoms with E-state index >= 15 is 0 Å². The minimum atomic E-state index is -0.136. The first kappa shape index (κ1) is 23.7. The molecule has 0 spiro atoms. The number of halogens is 1. The quantitative estimate of drug-likeness (QED) is 0.471. The number of benzene rings is 3. The van der Waals surface area contributed by atoms with E-state index in [1.54, 1.807) is 6.07 Å². The first-order valence-corrected chi connectivity index (χ1v) is 12.9. The monoisotopic (exact) mass is 489 g/mol. The highest BCUT2D eigenvalue weighted by molar-refractivity contribution is 6.30. The summed E-state index contributed by atoms with van der Waals surface area (Å²) in [6.45, 7) is 3.40. The Morgan fingerprint density at radius 3 is 2.34 bits per heavy atom. The van der Waals surface area contributed by atoms with Gasteiger partial charge in [0.25, 0.3) is 5.91 Å². The van der Waals surface area contributed by atoms with E-state index in [2.05, 4.69) is 33.3 Å². The van der Waals surface area contributed by atoms with Gasteiger partial charge in [0, 0.05) is 54.1 Å². The van der Waals surface area contributed by atoms with Crippen LogP contribution in [0.15, 0.2) is 72.8 Å². The van der Waals surface area contributed by atoms with E-state index in [1.807, 2.05) is 48.5 Å². The van der Waals surface area contributed by atoms with Crippen molar-refractivity contribution in [3.05, 3.63) is 94.5 Å². The molecule has 1 unspecified atom stereocenters. The van der Waals surface area contributed by atoms with E-state index in [0.29, 0.717) is 5.56 Å². The molecule has 1 aliphatic heterocycles. The number of nitrogens with zero attached hydrogens (tertiary/aromatic N) is 2. The number of hydrogen-bond donors (Lipinski definition) is 2. The third kappa shape index (κ3) is 5.47. The van der Waals surface area contributed by atoms with Crippen LogP contribution in [-0.4, -0.2) is 48.1 Å². The Hall–Kier alpha value is -3.02. The SMILES string of the molecule is O=C(NC1CCCC1)c1cccc(C(c2ccccc2O)N2CCN(c3ccc(Cl)cc3)CC2)c1. The van der Waals surface area contributed by atoms with Crippen LogP contribution in [0.3, 0.4) is 0 Å². The standard InChI is InChI=1S/C29H32ClN3O2/c30-23-12-14-25(15-13-23)32-16-18-33(19-17-32)28(26-10-3-4-11-27(26)34)21-6-5-7-22(20-21)29(35)31-24-8-1-2-9-24/h3-7,10-15,20,24,28,34H,1-2,8-9,16-19H2,(H,31,35). The fraction of sp³-hybridized carbons (Fsp3) is 0.345. The Bertz CT molecular complexity index is 1150. The van der Waals surface area contributed by atoms with Gasteiger partial charge < -0.3 is 15.3 Å². The molecule has 1 atom stereocenters. The summed E-state index contributed by atoms with van der Waals surface area (Å²) in [5.41, 5.74) is 3.72. The number of amides is 1. The minimum absolute atomic E-state index is 0.0117. The molecular weight excluding hydrogens is 458 g/mol. The topological polar surface area (TPSA) is 55.8 Å². The van der Waals surface area contributed by atoms with Gasteiger partial charge >= 0.3 is 0 Å². The summed E-state index contributed by atoms with van der Waals surface area (Å²) in [5, 5.41) is 14.7. The third-order valence-corrected chi connectivity index (χ3v) is 7.51. The van der Waals surface area contributed by atoms with Crippen LogP contribution in [0.1, 0.15) is 53.2 Å². The van der Waals surface area contributed by atoms with Gasteiger partial charge in [-0.25, -0.2) is 0 Å². The first-order chi connectivity index (χ1) is 17.1. The van der Waals surface area contributed by atoms with Crippen molar-refractivity contribution in [3.63, 3.8) is 0 Å². The molecular formula is C29H32ClN3O2. The highest BCUT2D eigenvalue weighted by Gasteiger charge is 2.29. The molecule has 1 saturated carbocycles. The molecule has 2 N–H and O–H groups in total. The van der Waals surface area contributed by atoms with E-state index in [4.69, 9.17) is 11.6 Å². The number of phenols is 1. The molecule has 182 valence electrons. The third-order valence-electron chi connectivity index (χ3n) is 7.26. The average Bonchev–Trinajstić information content (AvgIpc) is 3.40. The zero-order valence-electron chi connectivity index (χ0n) is 19.9. The zero-order chi connectivity index (χ0) is 24.2. The van der Waals surface area contributed by atoms with E-state index in [1.165, 1.54) is 18.5 Å². The summed E-state index contributed by atoms with van der Waals surface area (Å²) < 4.78 is 0. The number of piperazine rings is 1. The van der Waals surface area contributed by atoms with Crippen LogP contribution in [0.25, 0.3) is 0 Å². The van der Waals surface area contributed by atoms with Crippen LogP contribution in [0, 0.1) is 0 Å². The number of rotatable bonds is 6. The molecule has 0 aromatic heterocycles. The van der Waals surface area contributed by atoms with Crippen molar-refractivity contribution in [3.8, 4) is 5.75 Å². The molecule has 1 saturated heterocycles. The van der Waals surface area contributed by atoms with E-state index < -0.39 is 0 Å². The summed E-state index contributed by atoms with van der Waals surface area (Å²) in [5.74, 6) is 0.265. The minimum Gasteiger partial charge on any atom is -0.508 e. The van der Waals surface area contributed by atoms with Crippen molar-refractivity contribution in [2.24, 2.45) is 0 Å². The van der Waals surface area contributed by atoms with E-state index in [0.717, 1.165) is 55.2 Å². The zero-order valence-corrected chi connectivity index (χ0v) is 20.6. The van der Waals surface area contributed by atoms with Crippen LogP contribution in [0.5, 0.6) is 5.75 Å². The molecule has 35 heavy (non-hydrogen) atoms. The fourth-order valence-corrected chi connectivity index (χ4v) is 5.51. The first-order valence-electron chi connectivity index (χ1n) is 12.5. The molecule has 0 radical (unpaired) electrons. The van der Waals surface area contributed by atoms with Gasteiger partial charge in [0.1, 0.15) is 5.75 Å². The summed E-state index contributed by atoms with van der Waals surface area (Å²) in [4.78, 5) is 17.7. The summed E-state index contributed by atoms with van der Waals surface area (Å²) in [6, 6.07) is 23.5. The fourth-order valence-electron chi connectivity index (χ4n) is 5.38. The second kappa shape index (κ2) is 10.7. The van der Waals surface area contributed by atoms with Crippen LogP contribution in [0.2, 0.25) is 5.02 Å². The maximum atomic E-state index is 13.0. The number of phenolic OH excluding ortho intramolecular Hbond substituents is 1. The van der Waals surface area contributed by atoms with Gasteiger partial charge in [-0.2, -0.15) is 0 Å². The van der Waals surface area contributed by atoms with Crippen molar-refractivity contribution in [2.75, 3.05) is 31.1 Å². The predicted octanol–water partition coefficient (Wildman–Crippen LogP) is 5.63. The van der Waals surface area contributed by atoms with Gasteiger partial charge in [0.05, 0.1) is 6.04 Å². The Labute approximate surface area is 212 Å². The number of nitrogens with one attached hydrogen (secondary N) is 1. The van der Waals surface area contributed by atoms with Crippen LogP contribution in [0.4, 0.5) is 5.69 Å². The lowest BCUT2D eigenvalue weighted by atomic mass is 9.94. The molecule has 1 aliphatic carbocycles.